The molecule has 0 aliphatic rings. The SMILES string of the molecule is CC(C)S(=O)(=O)c1sccc1Nc1nc(Nc2cccc([N+](=O)[O-])c2)ncc1Cl. The zero-order chi connectivity index (χ0) is 21.2. The molecular weight excluding hydrogens is 438 g/mol. The van der Waals surface area contributed by atoms with E-state index in [9.17, 15) is 18.5 Å². The van der Waals surface area contributed by atoms with Crippen molar-refractivity contribution in [3.05, 3.63) is 57.0 Å². The minimum atomic E-state index is -3.48. The smallest absolute Gasteiger partial charge is 0.271 e. The Morgan fingerprint density at radius 2 is 2.00 bits per heavy atom. The monoisotopic (exact) mass is 453 g/mol. The molecule has 0 atom stereocenters. The van der Waals surface area contributed by atoms with Crippen molar-refractivity contribution in [2.45, 2.75) is 23.3 Å². The lowest BCUT2D eigenvalue weighted by atomic mass is 10.3. The summed E-state index contributed by atoms with van der Waals surface area (Å²) in [6.45, 7) is 3.22. The Morgan fingerprint density at radius 3 is 2.69 bits per heavy atom. The number of hydrogen-bond acceptors (Lipinski definition) is 9. The number of rotatable bonds is 7. The van der Waals surface area contributed by atoms with E-state index in [1.807, 2.05) is 0 Å². The number of nitrogens with zero attached hydrogens (tertiary/aromatic N) is 3. The van der Waals surface area contributed by atoms with Crippen LogP contribution >= 0.6 is 22.9 Å². The highest BCUT2D eigenvalue weighted by atomic mass is 35.5. The van der Waals surface area contributed by atoms with Gasteiger partial charge in [-0.3, -0.25) is 10.1 Å². The summed E-state index contributed by atoms with van der Waals surface area (Å²) >= 11 is 7.27. The summed E-state index contributed by atoms with van der Waals surface area (Å²) in [6.07, 6.45) is 1.35. The van der Waals surface area contributed by atoms with E-state index in [4.69, 9.17) is 11.6 Å². The third-order valence-corrected chi connectivity index (χ3v) is 7.77. The largest absolute Gasteiger partial charge is 0.337 e. The molecule has 0 bridgehead atoms. The Kier molecular flexibility index (Phi) is 6.01. The van der Waals surface area contributed by atoms with Gasteiger partial charge in [-0.25, -0.2) is 13.4 Å². The Bertz CT molecular complexity index is 1160. The summed E-state index contributed by atoms with van der Waals surface area (Å²) in [4.78, 5) is 18.7. The number of non-ortho nitro benzene ring substituents is 1. The minimum absolute atomic E-state index is 0.0795. The second-order valence-corrected chi connectivity index (χ2v) is 10.2. The average molecular weight is 454 g/mol. The van der Waals surface area contributed by atoms with Gasteiger partial charge in [-0.1, -0.05) is 17.7 Å². The minimum Gasteiger partial charge on any atom is -0.337 e. The molecule has 2 N–H and O–H groups in total. The number of hydrogen-bond donors (Lipinski definition) is 2. The fourth-order valence-electron chi connectivity index (χ4n) is 2.29. The van der Waals surface area contributed by atoms with Crippen molar-refractivity contribution < 1.29 is 13.3 Å². The predicted octanol–water partition coefficient (Wildman–Crippen LogP) is 4.77. The van der Waals surface area contributed by atoms with E-state index < -0.39 is 20.0 Å². The third-order valence-electron chi connectivity index (χ3n) is 3.82. The van der Waals surface area contributed by atoms with E-state index in [0.29, 0.717) is 11.4 Å². The number of nitrogens with one attached hydrogen (secondary N) is 2. The molecule has 0 saturated heterocycles. The van der Waals surface area contributed by atoms with E-state index in [-0.39, 0.29) is 26.7 Å². The highest BCUT2D eigenvalue weighted by Gasteiger charge is 2.25. The van der Waals surface area contributed by atoms with Gasteiger partial charge in [0.05, 0.1) is 22.1 Å². The van der Waals surface area contributed by atoms with Gasteiger partial charge in [0, 0.05) is 17.8 Å². The molecule has 29 heavy (non-hydrogen) atoms. The highest BCUT2D eigenvalue weighted by molar-refractivity contribution is 7.94. The summed E-state index contributed by atoms with van der Waals surface area (Å²) in [5.74, 6) is 0.342. The molecule has 0 fully saturated rings. The molecule has 0 unspecified atom stereocenters. The fourth-order valence-corrected chi connectivity index (χ4v) is 5.14. The topological polar surface area (TPSA) is 127 Å². The number of sulfone groups is 1. The Labute approximate surface area is 175 Å². The molecule has 2 heterocycles. The molecule has 0 aliphatic heterocycles. The second kappa shape index (κ2) is 8.31. The van der Waals surface area contributed by atoms with Gasteiger partial charge in [0.15, 0.2) is 15.7 Å². The zero-order valence-corrected chi connectivity index (χ0v) is 17.7. The normalized spacial score (nSPS) is 11.4. The summed E-state index contributed by atoms with van der Waals surface area (Å²) in [5.41, 5.74) is 0.709. The van der Waals surface area contributed by atoms with Crippen LogP contribution in [0.15, 0.2) is 46.1 Å². The standard InChI is InChI=1S/C17H16ClN5O4S2/c1-10(2)29(26,27)16-14(6-7-28-16)21-15-13(18)9-19-17(22-15)20-11-4-3-5-12(8-11)23(24)25/h3-10H,1-2H3,(H2,19,20,21,22). The van der Waals surface area contributed by atoms with Crippen LogP contribution in [-0.4, -0.2) is 28.6 Å². The first kappa shape index (κ1) is 21.0. The van der Waals surface area contributed by atoms with E-state index >= 15 is 0 Å². The number of anilines is 4. The van der Waals surface area contributed by atoms with Crippen molar-refractivity contribution in [1.29, 1.82) is 0 Å². The van der Waals surface area contributed by atoms with Crippen LogP contribution in [0.4, 0.5) is 28.8 Å². The van der Waals surface area contributed by atoms with Crippen molar-refractivity contribution in [2.75, 3.05) is 10.6 Å². The molecule has 2 aromatic heterocycles. The van der Waals surface area contributed by atoms with Crippen molar-refractivity contribution >= 4 is 61.6 Å². The van der Waals surface area contributed by atoms with Crippen LogP contribution in [0.5, 0.6) is 0 Å². The second-order valence-electron chi connectivity index (χ2n) is 6.16. The summed E-state index contributed by atoms with van der Waals surface area (Å²) < 4.78 is 25.2. The predicted molar refractivity (Wildman–Crippen MR) is 113 cm³/mol. The average Bonchev–Trinajstić information content (AvgIpc) is 3.13. The first-order chi connectivity index (χ1) is 13.7. The van der Waals surface area contributed by atoms with Crippen LogP contribution in [-0.2, 0) is 9.84 Å². The quantitative estimate of drug-likeness (QED) is 0.386. The zero-order valence-electron chi connectivity index (χ0n) is 15.3. The number of nitro groups is 1. The van der Waals surface area contributed by atoms with Gasteiger partial charge in [0.25, 0.3) is 5.69 Å². The number of aromatic nitrogens is 2. The Morgan fingerprint density at radius 1 is 1.24 bits per heavy atom. The Balaban J connectivity index is 1.89. The van der Waals surface area contributed by atoms with Crippen molar-refractivity contribution in [1.82, 2.24) is 9.97 Å². The van der Waals surface area contributed by atoms with Crippen molar-refractivity contribution in [2.24, 2.45) is 0 Å². The lowest BCUT2D eigenvalue weighted by Crippen LogP contribution is -2.14. The number of nitro benzene ring substituents is 1. The van der Waals surface area contributed by atoms with Crippen LogP contribution in [0.2, 0.25) is 5.02 Å². The van der Waals surface area contributed by atoms with Crippen LogP contribution in [0, 0.1) is 10.1 Å². The summed E-state index contributed by atoms with van der Waals surface area (Å²) in [5, 5.41) is 18.0. The number of halogens is 1. The summed E-state index contributed by atoms with van der Waals surface area (Å²) in [7, 11) is -3.48. The molecule has 3 rings (SSSR count). The Hall–Kier alpha value is -2.76. The maximum Gasteiger partial charge on any atom is 0.271 e. The number of benzene rings is 1. The first-order valence-electron chi connectivity index (χ1n) is 8.31. The van der Waals surface area contributed by atoms with E-state index in [1.54, 1.807) is 31.4 Å². The molecule has 1 aromatic carbocycles. The van der Waals surface area contributed by atoms with E-state index in [2.05, 4.69) is 20.6 Å². The van der Waals surface area contributed by atoms with Gasteiger partial charge in [0.1, 0.15) is 9.23 Å². The highest BCUT2D eigenvalue weighted by Crippen LogP contribution is 2.34. The lowest BCUT2D eigenvalue weighted by Gasteiger charge is -2.12. The molecule has 152 valence electrons. The van der Waals surface area contributed by atoms with Crippen molar-refractivity contribution in [3.63, 3.8) is 0 Å². The van der Waals surface area contributed by atoms with Gasteiger partial charge in [-0.05, 0) is 31.4 Å². The maximum atomic E-state index is 12.5. The lowest BCUT2D eigenvalue weighted by molar-refractivity contribution is -0.384. The van der Waals surface area contributed by atoms with Gasteiger partial charge in [-0.15, -0.1) is 11.3 Å². The van der Waals surface area contributed by atoms with Gasteiger partial charge in [-0.2, -0.15) is 4.98 Å². The van der Waals surface area contributed by atoms with Crippen LogP contribution in [0.1, 0.15) is 13.8 Å². The molecular formula is C17H16ClN5O4S2. The van der Waals surface area contributed by atoms with Gasteiger partial charge in [0.2, 0.25) is 5.95 Å². The number of thiophene rings is 1. The van der Waals surface area contributed by atoms with E-state index in [0.717, 1.165) is 11.3 Å². The van der Waals surface area contributed by atoms with Gasteiger partial charge >= 0.3 is 0 Å². The van der Waals surface area contributed by atoms with Crippen LogP contribution < -0.4 is 10.6 Å². The summed E-state index contributed by atoms with van der Waals surface area (Å²) in [6, 6.07) is 7.51. The molecule has 0 amide bonds. The van der Waals surface area contributed by atoms with Crippen LogP contribution in [0.25, 0.3) is 0 Å². The first-order valence-corrected chi connectivity index (χ1v) is 11.1. The molecule has 9 nitrogen and oxygen atoms in total. The van der Waals surface area contributed by atoms with E-state index in [1.165, 1.54) is 24.4 Å². The molecule has 3 aromatic rings. The fraction of sp³-hybridized carbons (Fsp3) is 0.176. The van der Waals surface area contributed by atoms with Crippen molar-refractivity contribution in [3.8, 4) is 0 Å². The molecule has 0 saturated carbocycles. The van der Waals surface area contributed by atoms with Crippen LogP contribution in [0.3, 0.4) is 0 Å². The molecule has 0 aliphatic carbocycles. The maximum absolute atomic E-state index is 12.5. The molecule has 0 spiro atoms. The van der Waals surface area contributed by atoms with Gasteiger partial charge < -0.3 is 10.6 Å². The molecule has 0 radical (unpaired) electrons. The molecule has 12 heteroatoms. The third kappa shape index (κ3) is 4.63.